The van der Waals surface area contributed by atoms with Crippen LogP contribution in [0.15, 0.2) is 24.3 Å². The molecule has 20 heavy (non-hydrogen) atoms. The van der Waals surface area contributed by atoms with E-state index in [0.29, 0.717) is 5.69 Å². The minimum atomic E-state index is -0.684. The van der Waals surface area contributed by atoms with Gasteiger partial charge in [-0.25, -0.2) is 9.59 Å². The van der Waals surface area contributed by atoms with Crippen LogP contribution in [0.4, 0.5) is 10.5 Å². The van der Waals surface area contributed by atoms with Crippen molar-refractivity contribution in [2.45, 2.75) is 31.3 Å². The van der Waals surface area contributed by atoms with E-state index < -0.39 is 12.0 Å². The average molecular weight is 277 g/mol. The van der Waals surface area contributed by atoms with Crippen LogP contribution >= 0.6 is 0 Å². The number of anilines is 1. The number of carbonyl (C=O) groups excluding carboxylic acids is 2. The van der Waals surface area contributed by atoms with Crippen LogP contribution in [0.2, 0.25) is 0 Å². The van der Waals surface area contributed by atoms with Gasteiger partial charge < -0.3 is 21.1 Å². The number of urea groups is 1. The monoisotopic (exact) mass is 277 g/mol. The zero-order chi connectivity index (χ0) is 14.8. The average Bonchev–Trinajstić information content (AvgIpc) is 3.18. The van der Waals surface area contributed by atoms with E-state index in [2.05, 4.69) is 15.4 Å². The predicted molar refractivity (Wildman–Crippen MR) is 74.9 cm³/mol. The number of carbonyl (C=O) groups is 2. The van der Waals surface area contributed by atoms with Crippen molar-refractivity contribution < 1.29 is 14.3 Å². The van der Waals surface area contributed by atoms with E-state index in [1.807, 2.05) is 18.2 Å². The Morgan fingerprint density at radius 1 is 1.40 bits per heavy atom. The van der Waals surface area contributed by atoms with Gasteiger partial charge in [0.1, 0.15) is 6.04 Å². The summed E-state index contributed by atoms with van der Waals surface area (Å²) in [6.45, 7) is 1.57. The van der Waals surface area contributed by atoms with Gasteiger partial charge >= 0.3 is 12.0 Å². The van der Waals surface area contributed by atoms with Gasteiger partial charge in [-0.3, -0.25) is 0 Å². The van der Waals surface area contributed by atoms with E-state index in [9.17, 15) is 9.59 Å². The zero-order valence-electron chi connectivity index (χ0n) is 11.6. The quantitative estimate of drug-likeness (QED) is 0.568. The third-order valence-corrected chi connectivity index (χ3v) is 3.44. The normalized spacial score (nSPS) is 16.9. The highest BCUT2D eigenvalue weighted by molar-refractivity contribution is 5.83. The Balaban J connectivity index is 1.99. The van der Waals surface area contributed by atoms with Gasteiger partial charge in [-0.2, -0.15) is 0 Å². The first-order chi connectivity index (χ1) is 9.47. The van der Waals surface area contributed by atoms with Gasteiger partial charge in [0.15, 0.2) is 0 Å². The molecule has 0 spiro atoms. The molecule has 1 aromatic carbocycles. The van der Waals surface area contributed by atoms with Crippen molar-refractivity contribution in [3.8, 4) is 0 Å². The van der Waals surface area contributed by atoms with E-state index >= 15 is 0 Å². The molecule has 1 unspecified atom stereocenters. The molecule has 1 saturated carbocycles. The summed E-state index contributed by atoms with van der Waals surface area (Å²) in [6, 6.07) is 6.39. The molecule has 108 valence electrons. The lowest BCUT2D eigenvalue weighted by Gasteiger charge is -2.20. The van der Waals surface area contributed by atoms with Crippen molar-refractivity contribution in [3.05, 3.63) is 29.8 Å². The fraction of sp³-hybridized carbons (Fsp3) is 0.429. The summed E-state index contributed by atoms with van der Waals surface area (Å²) in [5.74, 6) is -0.478. The Hall–Kier alpha value is -2.24. The molecule has 6 nitrogen and oxygen atoms in total. The molecule has 6 heteroatoms. The Kier molecular flexibility index (Phi) is 3.83. The second-order valence-electron chi connectivity index (χ2n) is 5.05. The van der Waals surface area contributed by atoms with E-state index in [0.717, 1.165) is 18.4 Å². The standard InChI is InChI=1S/C14H19N3O3/c1-9(12(18)20-2)16-13(19)17-14(6-7-14)10-4-3-5-11(15)8-10/h3-5,8-9H,6-7,15H2,1-2H3,(H2,16,17,19). The van der Waals surface area contributed by atoms with Crippen LogP contribution in [-0.4, -0.2) is 25.2 Å². The van der Waals surface area contributed by atoms with Gasteiger partial charge in [-0.1, -0.05) is 12.1 Å². The number of nitrogens with one attached hydrogen (secondary N) is 2. The number of esters is 1. The molecule has 0 aromatic heterocycles. The maximum absolute atomic E-state index is 11.9. The largest absolute Gasteiger partial charge is 0.467 e. The lowest BCUT2D eigenvalue weighted by atomic mass is 10.0. The molecule has 0 radical (unpaired) electrons. The molecule has 0 saturated heterocycles. The Morgan fingerprint density at radius 2 is 2.10 bits per heavy atom. The molecule has 0 heterocycles. The van der Waals surface area contributed by atoms with Crippen LogP contribution in [-0.2, 0) is 15.1 Å². The van der Waals surface area contributed by atoms with Gasteiger partial charge in [-0.05, 0) is 37.5 Å². The summed E-state index contributed by atoms with van der Waals surface area (Å²) >= 11 is 0. The first-order valence-corrected chi connectivity index (χ1v) is 6.49. The van der Waals surface area contributed by atoms with Crippen LogP contribution in [0, 0.1) is 0 Å². The highest BCUT2D eigenvalue weighted by Crippen LogP contribution is 2.45. The van der Waals surface area contributed by atoms with Gasteiger partial charge in [0, 0.05) is 5.69 Å². The molecule has 1 aliphatic carbocycles. The summed E-state index contributed by atoms with van der Waals surface area (Å²) in [7, 11) is 1.29. The molecule has 4 N–H and O–H groups in total. The van der Waals surface area contributed by atoms with Crippen molar-refractivity contribution >= 4 is 17.7 Å². The predicted octanol–water partition coefficient (Wildman–Crippen LogP) is 1.12. The van der Waals surface area contributed by atoms with E-state index in [1.165, 1.54) is 7.11 Å². The number of rotatable bonds is 4. The summed E-state index contributed by atoms with van der Waals surface area (Å²) < 4.78 is 4.56. The molecule has 0 aliphatic heterocycles. The summed E-state index contributed by atoms with van der Waals surface area (Å²) in [5, 5.41) is 5.46. The van der Waals surface area contributed by atoms with E-state index in [-0.39, 0.29) is 11.6 Å². The fourth-order valence-electron chi connectivity index (χ4n) is 2.13. The maximum Gasteiger partial charge on any atom is 0.328 e. The molecular weight excluding hydrogens is 258 g/mol. The van der Waals surface area contributed by atoms with Crippen molar-refractivity contribution in [3.63, 3.8) is 0 Å². The van der Waals surface area contributed by atoms with Crippen LogP contribution < -0.4 is 16.4 Å². The van der Waals surface area contributed by atoms with Crippen molar-refractivity contribution in [2.24, 2.45) is 0 Å². The maximum atomic E-state index is 11.9. The number of benzene rings is 1. The number of amides is 2. The molecule has 0 bridgehead atoms. The van der Waals surface area contributed by atoms with Crippen LogP contribution in [0.25, 0.3) is 0 Å². The highest BCUT2D eigenvalue weighted by atomic mass is 16.5. The molecule has 1 aromatic rings. The van der Waals surface area contributed by atoms with Gasteiger partial charge in [0.25, 0.3) is 0 Å². The molecule has 2 rings (SSSR count). The number of ether oxygens (including phenoxy) is 1. The van der Waals surface area contributed by atoms with Crippen molar-refractivity contribution in [1.82, 2.24) is 10.6 Å². The van der Waals surface area contributed by atoms with Crippen LogP contribution in [0.3, 0.4) is 0 Å². The number of hydrogen-bond acceptors (Lipinski definition) is 4. The third kappa shape index (κ3) is 3.01. The minimum absolute atomic E-state index is 0.366. The van der Waals surface area contributed by atoms with Gasteiger partial charge in [0.2, 0.25) is 0 Å². The molecule has 2 amide bonds. The van der Waals surface area contributed by atoms with E-state index in [4.69, 9.17) is 5.73 Å². The number of hydrogen-bond donors (Lipinski definition) is 3. The van der Waals surface area contributed by atoms with Gasteiger partial charge in [0.05, 0.1) is 12.6 Å². The summed E-state index contributed by atoms with van der Waals surface area (Å²) in [5.41, 5.74) is 7.05. The van der Waals surface area contributed by atoms with Crippen molar-refractivity contribution in [1.29, 1.82) is 0 Å². The third-order valence-electron chi connectivity index (χ3n) is 3.44. The minimum Gasteiger partial charge on any atom is -0.467 e. The molecular formula is C14H19N3O3. The molecule has 1 fully saturated rings. The Bertz CT molecular complexity index is 526. The van der Waals surface area contributed by atoms with Gasteiger partial charge in [-0.15, -0.1) is 0 Å². The lowest BCUT2D eigenvalue weighted by molar-refractivity contribution is -0.142. The summed E-state index contributed by atoms with van der Waals surface area (Å²) in [6.07, 6.45) is 1.72. The number of nitrogen functional groups attached to an aromatic ring is 1. The Labute approximate surface area is 117 Å². The lowest BCUT2D eigenvalue weighted by Crippen LogP contribution is -2.48. The van der Waals surface area contributed by atoms with E-state index in [1.54, 1.807) is 13.0 Å². The van der Waals surface area contributed by atoms with Crippen LogP contribution in [0.1, 0.15) is 25.3 Å². The Morgan fingerprint density at radius 3 is 2.65 bits per heavy atom. The SMILES string of the molecule is COC(=O)C(C)NC(=O)NC1(c2cccc(N)c2)CC1. The van der Waals surface area contributed by atoms with Crippen molar-refractivity contribution in [2.75, 3.05) is 12.8 Å². The first-order valence-electron chi connectivity index (χ1n) is 6.49. The zero-order valence-corrected chi connectivity index (χ0v) is 11.6. The fourth-order valence-corrected chi connectivity index (χ4v) is 2.13. The smallest absolute Gasteiger partial charge is 0.328 e. The van der Waals surface area contributed by atoms with Crippen LogP contribution in [0.5, 0.6) is 0 Å². The second kappa shape index (κ2) is 5.40. The molecule has 1 atom stereocenters. The topological polar surface area (TPSA) is 93.4 Å². The highest BCUT2D eigenvalue weighted by Gasteiger charge is 2.46. The first kappa shape index (κ1) is 14.2. The number of methoxy groups -OCH3 is 1. The second-order valence-corrected chi connectivity index (χ2v) is 5.05. The number of nitrogens with two attached hydrogens (primary N) is 1. The molecule has 1 aliphatic rings. The summed E-state index contributed by atoms with van der Waals surface area (Å²) in [4.78, 5) is 23.2.